The molecule has 2 aromatic rings. The Morgan fingerprint density at radius 2 is 2.05 bits per heavy atom. The third kappa shape index (κ3) is 2.83. The van der Waals surface area contributed by atoms with Crippen molar-refractivity contribution in [2.75, 3.05) is 0 Å². The van der Waals surface area contributed by atoms with Gasteiger partial charge in [-0.25, -0.2) is 4.39 Å². The molecule has 2 atom stereocenters. The number of nitrogens with one attached hydrogen (secondary N) is 1. The SMILES string of the molecule is CCC(NC(C)c1nnc2n1CCC2)c1ccc(F)cc1. The molecular formula is C16H21FN4. The third-order valence-electron chi connectivity index (χ3n) is 4.16. The maximum Gasteiger partial charge on any atom is 0.149 e. The second kappa shape index (κ2) is 5.93. The van der Waals surface area contributed by atoms with Crippen LogP contribution in [-0.4, -0.2) is 14.8 Å². The lowest BCUT2D eigenvalue weighted by Gasteiger charge is -2.22. The largest absolute Gasteiger partial charge is 0.314 e. The zero-order valence-electron chi connectivity index (χ0n) is 12.5. The predicted molar refractivity (Wildman–Crippen MR) is 79.3 cm³/mol. The van der Waals surface area contributed by atoms with Crippen molar-refractivity contribution in [3.8, 4) is 0 Å². The molecule has 1 aromatic heterocycles. The Bertz CT molecular complexity index is 605. The molecule has 3 rings (SSSR count). The summed E-state index contributed by atoms with van der Waals surface area (Å²) in [4.78, 5) is 0. The number of hydrogen-bond acceptors (Lipinski definition) is 3. The highest BCUT2D eigenvalue weighted by atomic mass is 19.1. The monoisotopic (exact) mass is 288 g/mol. The van der Waals surface area contributed by atoms with Crippen LogP contribution in [0.1, 0.15) is 56.0 Å². The Morgan fingerprint density at radius 3 is 2.76 bits per heavy atom. The van der Waals surface area contributed by atoms with Crippen molar-refractivity contribution >= 4 is 0 Å². The number of aromatic nitrogens is 3. The first-order valence-corrected chi connectivity index (χ1v) is 7.62. The van der Waals surface area contributed by atoms with Crippen LogP contribution in [0.2, 0.25) is 0 Å². The van der Waals surface area contributed by atoms with E-state index in [2.05, 4.69) is 33.9 Å². The van der Waals surface area contributed by atoms with Gasteiger partial charge in [-0.2, -0.15) is 0 Å². The van der Waals surface area contributed by atoms with E-state index < -0.39 is 0 Å². The molecule has 5 heteroatoms. The van der Waals surface area contributed by atoms with Crippen LogP contribution >= 0.6 is 0 Å². The van der Waals surface area contributed by atoms with Crippen molar-refractivity contribution in [2.24, 2.45) is 0 Å². The van der Waals surface area contributed by atoms with E-state index >= 15 is 0 Å². The van der Waals surface area contributed by atoms with Crippen LogP contribution in [0.15, 0.2) is 24.3 Å². The molecule has 0 bridgehead atoms. The Labute approximate surface area is 124 Å². The standard InChI is InChI=1S/C16H21FN4/c1-3-14(12-6-8-13(17)9-7-12)18-11(2)16-20-19-15-5-4-10-21(15)16/h6-9,11,14,18H,3-5,10H2,1-2H3. The second-order valence-electron chi connectivity index (χ2n) is 5.63. The smallest absolute Gasteiger partial charge is 0.149 e. The molecule has 1 aliphatic heterocycles. The highest BCUT2D eigenvalue weighted by molar-refractivity contribution is 5.20. The molecule has 0 saturated carbocycles. The molecule has 0 spiro atoms. The van der Waals surface area contributed by atoms with Gasteiger partial charge in [-0.3, -0.25) is 0 Å². The number of benzene rings is 1. The summed E-state index contributed by atoms with van der Waals surface area (Å²) in [5, 5.41) is 12.2. The molecule has 0 radical (unpaired) electrons. The van der Waals surface area contributed by atoms with Crippen LogP contribution in [0.25, 0.3) is 0 Å². The highest BCUT2D eigenvalue weighted by Crippen LogP contribution is 2.24. The first-order chi connectivity index (χ1) is 10.2. The Kier molecular flexibility index (Phi) is 4.01. The maximum absolute atomic E-state index is 13.0. The van der Waals surface area contributed by atoms with E-state index in [-0.39, 0.29) is 17.9 Å². The fourth-order valence-electron chi connectivity index (χ4n) is 3.01. The lowest BCUT2D eigenvalue weighted by atomic mass is 10.0. The summed E-state index contributed by atoms with van der Waals surface area (Å²) >= 11 is 0. The maximum atomic E-state index is 13.0. The quantitative estimate of drug-likeness (QED) is 0.919. The van der Waals surface area contributed by atoms with E-state index in [4.69, 9.17) is 0 Å². The summed E-state index contributed by atoms with van der Waals surface area (Å²) in [6, 6.07) is 7.03. The predicted octanol–water partition coefficient (Wildman–Crippen LogP) is 3.17. The van der Waals surface area contributed by atoms with Crippen LogP contribution < -0.4 is 5.32 Å². The summed E-state index contributed by atoms with van der Waals surface area (Å²) in [7, 11) is 0. The number of rotatable bonds is 5. The number of hydrogen-bond donors (Lipinski definition) is 1. The summed E-state index contributed by atoms with van der Waals surface area (Å²) in [6.07, 6.45) is 3.12. The van der Waals surface area contributed by atoms with Crippen molar-refractivity contribution in [2.45, 2.75) is 51.7 Å². The van der Waals surface area contributed by atoms with Crippen LogP contribution in [0.3, 0.4) is 0 Å². The molecule has 0 amide bonds. The van der Waals surface area contributed by atoms with Gasteiger partial charge in [-0.1, -0.05) is 19.1 Å². The van der Waals surface area contributed by atoms with E-state index in [1.807, 2.05) is 12.1 Å². The van der Waals surface area contributed by atoms with Gasteiger partial charge < -0.3 is 9.88 Å². The Morgan fingerprint density at radius 1 is 1.29 bits per heavy atom. The Balaban J connectivity index is 1.75. The number of halogens is 1. The fourth-order valence-corrected chi connectivity index (χ4v) is 3.01. The van der Waals surface area contributed by atoms with E-state index in [1.54, 1.807) is 0 Å². The molecule has 2 heterocycles. The van der Waals surface area contributed by atoms with Crippen LogP contribution in [-0.2, 0) is 13.0 Å². The van der Waals surface area contributed by atoms with E-state index in [9.17, 15) is 4.39 Å². The first-order valence-electron chi connectivity index (χ1n) is 7.62. The van der Waals surface area contributed by atoms with E-state index in [1.165, 1.54) is 12.1 Å². The van der Waals surface area contributed by atoms with Crippen molar-refractivity contribution in [3.05, 3.63) is 47.3 Å². The Hall–Kier alpha value is -1.75. The molecule has 112 valence electrons. The van der Waals surface area contributed by atoms with Crippen LogP contribution in [0, 0.1) is 5.82 Å². The summed E-state index contributed by atoms with van der Waals surface area (Å²) < 4.78 is 15.3. The molecule has 4 nitrogen and oxygen atoms in total. The van der Waals surface area contributed by atoms with E-state index in [0.29, 0.717) is 0 Å². The van der Waals surface area contributed by atoms with Gasteiger partial charge in [0.15, 0.2) is 0 Å². The van der Waals surface area contributed by atoms with Gasteiger partial charge in [0.25, 0.3) is 0 Å². The third-order valence-corrected chi connectivity index (χ3v) is 4.16. The molecule has 21 heavy (non-hydrogen) atoms. The number of nitrogens with zero attached hydrogens (tertiary/aromatic N) is 3. The molecule has 0 aliphatic carbocycles. The zero-order chi connectivity index (χ0) is 14.8. The second-order valence-corrected chi connectivity index (χ2v) is 5.63. The van der Waals surface area contributed by atoms with Crippen molar-refractivity contribution < 1.29 is 4.39 Å². The van der Waals surface area contributed by atoms with Crippen molar-refractivity contribution in [1.29, 1.82) is 0 Å². The van der Waals surface area contributed by atoms with Gasteiger partial charge in [0, 0.05) is 19.0 Å². The van der Waals surface area contributed by atoms with Gasteiger partial charge in [-0.05, 0) is 37.5 Å². The molecule has 0 saturated heterocycles. The fraction of sp³-hybridized carbons (Fsp3) is 0.500. The minimum Gasteiger partial charge on any atom is -0.314 e. The molecule has 1 aliphatic rings. The minimum absolute atomic E-state index is 0.124. The molecule has 0 fully saturated rings. The van der Waals surface area contributed by atoms with Crippen molar-refractivity contribution in [3.63, 3.8) is 0 Å². The normalized spacial score (nSPS) is 16.7. The van der Waals surface area contributed by atoms with Crippen molar-refractivity contribution in [1.82, 2.24) is 20.1 Å². The topological polar surface area (TPSA) is 42.7 Å². The lowest BCUT2D eigenvalue weighted by Crippen LogP contribution is -2.26. The van der Waals surface area contributed by atoms with Crippen LogP contribution in [0.5, 0.6) is 0 Å². The first kappa shape index (κ1) is 14.2. The zero-order valence-corrected chi connectivity index (χ0v) is 12.5. The summed E-state index contributed by atoms with van der Waals surface area (Å²) in [5.41, 5.74) is 1.10. The molecule has 1 N–H and O–H groups in total. The number of aryl methyl sites for hydroxylation is 1. The summed E-state index contributed by atoms with van der Waals surface area (Å²) in [6.45, 7) is 5.25. The minimum atomic E-state index is -0.197. The van der Waals surface area contributed by atoms with Gasteiger partial charge in [-0.15, -0.1) is 10.2 Å². The average Bonchev–Trinajstić information content (AvgIpc) is 3.08. The average molecular weight is 288 g/mol. The molecule has 2 unspecified atom stereocenters. The molecular weight excluding hydrogens is 267 g/mol. The van der Waals surface area contributed by atoms with Gasteiger partial charge in [0.2, 0.25) is 0 Å². The molecule has 1 aromatic carbocycles. The summed E-state index contributed by atoms with van der Waals surface area (Å²) in [5.74, 6) is 1.90. The van der Waals surface area contributed by atoms with Gasteiger partial charge in [0.1, 0.15) is 17.5 Å². The van der Waals surface area contributed by atoms with Crippen LogP contribution in [0.4, 0.5) is 4.39 Å². The number of fused-ring (bicyclic) bond motifs is 1. The van der Waals surface area contributed by atoms with Gasteiger partial charge >= 0.3 is 0 Å². The highest BCUT2D eigenvalue weighted by Gasteiger charge is 2.23. The lowest BCUT2D eigenvalue weighted by molar-refractivity contribution is 0.430. The van der Waals surface area contributed by atoms with E-state index in [0.717, 1.165) is 43.0 Å². The van der Waals surface area contributed by atoms with Gasteiger partial charge in [0.05, 0.1) is 6.04 Å².